The molecule has 6 nitrogen and oxygen atoms in total. The van der Waals surface area contributed by atoms with E-state index in [4.69, 9.17) is 14.2 Å². The number of fused-ring (bicyclic) bond motifs is 1. The highest BCUT2D eigenvalue weighted by atomic mass is 16.5. The SMILES string of the molecule is COc1cccc(-c2cccc3c2OC(CN(Cc2ccccc2)C(=O)O)C3)c1OC. The average molecular weight is 419 g/mol. The second-order valence-corrected chi connectivity index (χ2v) is 7.43. The first-order valence-corrected chi connectivity index (χ1v) is 10.1. The molecule has 1 amide bonds. The van der Waals surface area contributed by atoms with Crippen LogP contribution >= 0.6 is 0 Å². The summed E-state index contributed by atoms with van der Waals surface area (Å²) in [5, 5.41) is 9.71. The molecule has 0 radical (unpaired) electrons. The Bertz CT molecular complexity index is 1070. The molecule has 0 fully saturated rings. The Morgan fingerprint density at radius 3 is 2.45 bits per heavy atom. The van der Waals surface area contributed by atoms with E-state index >= 15 is 0 Å². The highest BCUT2D eigenvalue weighted by molar-refractivity contribution is 5.80. The van der Waals surface area contributed by atoms with Crippen LogP contribution in [-0.2, 0) is 13.0 Å². The van der Waals surface area contributed by atoms with Crippen molar-refractivity contribution in [1.82, 2.24) is 4.90 Å². The molecule has 1 atom stereocenters. The van der Waals surface area contributed by atoms with Gasteiger partial charge in [-0.2, -0.15) is 0 Å². The van der Waals surface area contributed by atoms with Crippen molar-refractivity contribution in [3.8, 4) is 28.4 Å². The highest BCUT2D eigenvalue weighted by Crippen LogP contribution is 2.45. The Morgan fingerprint density at radius 1 is 1.00 bits per heavy atom. The van der Waals surface area contributed by atoms with Gasteiger partial charge in [0.2, 0.25) is 0 Å². The van der Waals surface area contributed by atoms with Crippen LogP contribution in [0.5, 0.6) is 17.2 Å². The number of carboxylic acid groups (broad SMARTS) is 1. The molecular formula is C25H25NO5. The number of rotatable bonds is 7. The van der Waals surface area contributed by atoms with Crippen LogP contribution in [0.3, 0.4) is 0 Å². The quantitative estimate of drug-likeness (QED) is 0.593. The van der Waals surface area contributed by atoms with Crippen LogP contribution in [0.1, 0.15) is 11.1 Å². The molecule has 31 heavy (non-hydrogen) atoms. The lowest BCUT2D eigenvalue weighted by molar-refractivity contribution is 0.113. The average Bonchev–Trinajstić information content (AvgIpc) is 3.21. The third-order valence-corrected chi connectivity index (χ3v) is 5.43. The number of para-hydroxylation sites is 2. The number of amides is 1. The van der Waals surface area contributed by atoms with E-state index in [-0.39, 0.29) is 12.6 Å². The maximum absolute atomic E-state index is 11.8. The lowest BCUT2D eigenvalue weighted by Crippen LogP contribution is -2.37. The van der Waals surface area contributed by atoms with E-state index in [0.29, 0.717) is 24.5 Å². The van der Waals surface area contributed by atoms with Gasteiger partial charge in [-0.1, -0.05) is 60.7 Å². The molecule has 160 valence electrons. The van der Waals surface area contributed by atoms with Crippen molar-refractivity contribution in [2.75, 3.05) is 20.8 Å². The molecule has 1 heterocycles. The van der Waals surface area contributed by atoms with Crippen LogP contribution in [-0.4, -0.2) is 43.0 Å². The lowest BCUT2D eigenvalue weighted by atomic mass is 9.99. The van der Waals surface area contributed by atoms with E-state index in [1.54, 1.807) is 14.2 Å². The number of benzene rings is 3. The van der Waals surface area contributed by atoms with Crippen molar-refractivity contribution >= 4 is 6.09 Å². The molecule has 1 aliphatic heterocycles. The minimum absolute atomic E-state index is 0.257. The molecule has 6 heteroatoms. The lowest BCUT2D eigenvalue weighted by Gasteiger charge is -2.23. The van der Waals surface area contributed by atoms with E-state index in [0.717, 1.165) is 28.0 Å². The summed E-state index contributed by atoms with van der Waals surface area (Å²) in [4.78, 5) is 13.2. The van der Waals surface area contributed by atoms with Crippen molar-refractivity contribution in [1.29, 1.82) is 0 Å². The van der Waals surface area contributed by atoms with E-state index < -0.39 is 6.09 Å². The molecule has 3 aromatic rings. The second-order valence-electron chi connectivity index (χ2n) is 7.43. The first-order chi connectivity index (χ1) is 15.1. The molecule has 0 spiro atoms. The van der Waals surface area contributed by atoms with Gasteiger partial charge in [-0.3, -0.25) is 0 Å². The Labute approximate surface area is 181 Å². The number of nitrogens with zero attached hydrogens (tertiary/aromatic N) is 1. The van der Waals surface area contributed by atoms with Crippen LogP contribution in [0.4, 0.5) is 4.79 Å². The largest absolute Gasteiger partial charge is 0.493 e. The Kier molecular flexibility index (Phi) is 5.98. The summed E-state index contributed by atoms with van der Waals surface area (Å²) < 4.78 is 17.3. The Hall–Kier alpha value is -3.67. The number of hydrogen-bond acceptors (Lipinski definition) is 4. The van der Waals surface area contributed by atoms with Crippen LogP contribution in [0.25, 0.3) is 11.1 Å². The van der Waals surface area contributed by atoms with Crippen LogP contribution in [0.2, 0.25) is 0 Å². The molecule has 1 aliphatic rings. The first kappa shape index (κ1) is 20.6. The standard InChI is InChI=1S/C25H25NO5/c1-29-22-13-7-12-21(24(22)30-2)20-11-6-10-18-14-19(31-23(18)20)16-26(25(27)28)15-17-8-4-3-5-9-17/h3-13,19H,14-16H2,1-2H3,(H,27,28). The molecule has 4 rings (SSSR count). The molecule has 1 unspecified atom stereocenters. The van der Waals surface area contributed by atoms with Crippen molar-refractivity contribution < 1.29 is 24.1 Å². The third-order valence-electron chi connectivity index (χ3n) is 5.43. The zero-order chi connectivity index (χ0) is 21.8. The van der Waals surface area contributed by atoms with Crippen LogP contribution in [0.15, 0.2) is 66.7 Å². The maximum Gasteiger partial charge on any atom is 0.407 e. The van der Waals surface area contributed by atoms with E-state index in [2.05, 4.69) is 0 Å². The van der Waals surface area contributed by atoms with Crippen molar-refractivity contribution in [3.05, 3.63) is 77.9 Å². The molecular weight excluding hydrogens is 394 g/mol. The van der Waals surface area contributed by atoms with Gasteiger partial charge < -0.3 is 24.2 Å². The molecule has 0 aromatic heterocycles. The summed E-state index contributed by atoms with van der Waals surface area (Å²) in [6, 6.07) is 21.3. The van der Waals surface area contributed by atoms with E-state index in [9.17, 15) is 9.90 Å². The number of hydrogen-bond donors (Lipinski definition) is 1. The monoisotopic (exact) mass is 419 g/mol. The molecule has 1 N–H and O–H groups in total. The third kappa shape index (κ3) is 4.28. The predicted molar refractivity (Wildman–Crippen MR) is 118 cm³/mol. The Morgan fingerprint density at radius 2 is 1.74 bits per heavy atom. The summed E-state index contributed by atoms with van der Waals surface area (Å²) in [5.41, 5.74) is 3.78. The van der Waals surface area contributed by atoms with Gasteiger partial charge in [-0.05, 0) is 17.2 Å². The second kappa shape index (κ2) is 9.00. The van der Waals surface area contributed by atoms with Crippen LogP contribution < -0.4 is 14.2 Å². The summed E-state index contributed by atoms with van der Waals surface area (Å²) in [6.07, 6.45) is -0.570. The van der Waals surface area contributed by atoms with Gasteiger partial charge >= 0.3 is 6.09 Å². The van der Waals surface area contributed by atoms with Crippen molar-refractivity contribution in [2.24, 2.45) is 0 Å². The van der Waals surface area contributed by atoms with Gasteiger partial charge in [0.1, 0.15) is 11.9 Å². The molecule has 0 aliphatic carbocycles. The minimum Gasteiger partial charge on any atom is -0.493 e. The van der Waals surface area contributed by atoms with E-state index in [1.807, 2.05) is 66.7 Å². The molecule has 0 bridgehead atoms. The highest BCUT2D eigenvalue weighted by Gasteiger charge is 2.30. The normalized spacial score (nSPS) is 14.5. The van der Waals surface area contributed by atoms with Gasteiger partial charge in [0.15, 0.2) is 11.5 Å². The molecule has 0 saturated heterocycles. The van der Waals surface area contributed by atoms with Gasteiger partial charge in [0.05, 0.1) is 20.8 Å². The van der Waals surface area contributed by atoms with Crippen LogP contribution in [0, 0.1) is 0 Å². The minimum atomic E-state index is -0.960. The summed E-state index contributed by atoms with van der Waals surface area (Å²) >= 11 is 0. The van der Waals surface area contributed by atoms with Gasteiger partial charge in [-0.25, -0.2) is 4.79 Å². The number of carbonyl (C=O) groups is 1. The fourth-order valence-corrected chi connectivity index (χ4v) is 4.01. The fourth-order valence-electron chi connectivity index (χ4n) is 4.01. The maximum atomic E-state index is 11.8. The van der Waals surface area contributed by atoms with Crippen molar-refractivity contribution in [2.45, 2.75) is 19.1 Å². The Balaban J connectivity index is 1.58. The van der Waals surface area contributed by atoms with E-state index in [1.165, 1.54) is 4.90 Å². The smallest absolute Gasteiger partial charge is 0.407 e. The summed E-state index contributed by atoms with van der Waals surface area (Å²) in [6.45, 7) is 0.608. The van der Waals surface area contributed by atoms with Gasteiger partial charge in [0.25, 0.3) is 0 Å². The number of methoxy groups -OCH3 is 2. The topological polar surface area (TPSA) is 68.2 Å². The summed E-state index contributed by atoms with van der Waals surface area (Å²) in [7, 11) is 3.22. The zero-order valence-corrected chi connectivity index (χ0v) is 17.6. The predicted octanol–water partition coefficient (Wildman–Crippen LogP) is 4.85. The van der Waals surface area contributed by atoms with Gasteiger partial charge in [-0.15, -0.1) is 0 Å². The molecule has 0 saturated carbocycles. The fraction of sp³-hybridized carbons (Fsp3) is 0.240. The van der Waals surface area contributed by atoms with Crippen molar-refractivity contribution in [3.63, 3.8) is 0 Å². The summed E-state index contributed by atoms with van der Waals surface area (Å²) in [5.74, 6) is 2.05. The first-order valence-electron chi connectivity index (χ1n) is 10.1. The molecule has 3 aromatic carbocycles. The zero-order valence-electron chi connectivity index (χ0n) is 17.6. The van der Waals surface area contributed by atoms with Gasteiger partial charge in [0, 0.05) is 24.1 Å². The number of ether oxygens (including phenoxy) is 3.